The molecular weight excluding hydrogens is 357 g/mol. The van der Waals surface area contributed by atoms with Gasteiger partial charge in [-0.05, 0) is 59.2 Å². The lowest BCUT2D eigenvalue weighted by Gasteiger charge is -2.14. The highest BCUT2D eigenvalue weighted by atomic mass is 79.9. The lowest BCUT2D eigenvalue weighted by atomic mass is 10.2. The predicted molar refractivity (Wildman–Crippen MR) is 87.6 cm³/mol. The zero-order valence-corrected chi connectivity index (χ0v) is 14.0. The Labute approximate surface area is 137 Å². The summed E-state index contributed by atoms with van der Waals surface area (Å²) in [6, 6.07) is 9.83. The molecule has 0 amide bonds. The summed E-state index contributed by atoms with van der Waals surface area (Å²) in [7, 11) is 0. The maximum Gasteiger partial charge on any atom is 0.141 e. The smallest absolute Gasteiger partial charge is 0.141 e. The predicted octanol–water partition coefficient (Wildman–Crippen LogP) is 5.53. The van der Waals surface area contributed by atoms with Gasteiger partial charge in [0.2, 0.25) is 0 Å². The molecule has 1 N–H and O–H groups in total. The second-order valence-corrected chi connectivity index (χ2v) is 5.83. The van der Waals surface area contributed by atoms with Crippen molar-refractivity contribution in [2.45, 2.75) is 19.9 Å². The highest BCUT2D eigenvalue weighted by molar-refractivity contribution is 9.10. The molecule has 0 fully saturated rings. The largest absolute Gasteiger partial charge is 0.456 e. The minimum absolute atomic E-state index is 0.315. The van der Waals surface area contributed by atoms with Crippen LogP contribution in [0.5, 0.6) is 11.5 Å². The van der Waals surface area contributed by atoms with Crippen molar-refractivity contribution in [1.29, 1.82) is 0 Å². The molecule has 0 aliphatic heterocycles. The number of hydrogen-bond acceptors (Lipinski definition) is 2. The molecule has 2 rings (SSSR count). The van der Waals surface area contributed by atoms with E-state index in [0.29, 0.717) is 27.5 Å². The van der Waals surface area contributed by atoms with Gasteiger partial charge in [0.15, 0.2) is 0 Å². The first-order valence-electron chi connectivity index (χ1n) is 6.73. The van der Waals surface area contributed by atoms with E-state index in [0.717, 1.165) is 18.5 Å². The van der Waals surface area contributed by atoms with Crippen molar-refractivity contribution in [3.8, 4) is 11.5 Å². The number of benzene rings is 2. The molecule has 0 saturated heterocycles. The van der Waals surface area contributed by atoms with Gasteiger partial charge in [0.05, 0.1) is 4.47 Å². The molecule has 0 atom stereocenters. The van der Waals surface area contributed by atoms with Crippen molar-refractivity contribution >= 4 is 27.5 Å². The van der Waals surface area contributed by atoms with Crippen molar-refractivity contribution in [3.63, 3.8) is 0 Å². The fourth-order valence-corrected chi connectivity index (χ4v) is 2.54. The first-order chi connectivity index (χ1) is 10.1. The number of ether oxygens (including phenoxy) is 1. The molecular formula is C16H16BrClFNO. The highest BCUT2D eigenvalue weighted by Crippen LogP contribution is 2.34. The molecule has 0 aliphatic rings. The molecule has 2 aromatic rings. The highest BCUT2D eigenvalue weighted by Gasteiger charge is 2.11. The second kappa shape index (κ2) is 7.78. The lowest BCUT2D eigenvalue weighted by Crippen LogP contribution is -2.14. The molecule has 0 aliphatic carbocycles. The summed E-state index contributed by atoms with van der Waals surface area (Å²) in [5, 5.41) is 3.95. The van der Waals surface area contributed by atoms with Crippen LogP contribution < -0.4 is 10.1 Å². The molecule has 0 aromatic heterocycles. The third-order valence-corrected chi connectivity index (χ3v) is 3.89. The Hall–Kier alpha value is -1.10. The number of hydrogen-bond donors (Lipinski definition) is 1. The van der Waals surface area contributed by atoms with E-state index in [1.807, 2.05) is 18.2 Å². The third-order valence-electron chi connectivity index (χ3n) is 2.92. The average molecular weight is 373 g/mol. The molecule has 21 heavy (non-hydrogen) atoms. The Bertz CT molecular complexity index is 621. The maximum atomic E-state index is 13.1. The minimum atomic E-state index is -0.315. The van der Waals surface area contributed by atoms with Crippen LogP contribution in [0.1, 0.15) is 18.9 Å². The summed E-state index contributed by atoms with van der Waals surface area (Å²) in [6.07, 6.45) is 1.05. The van der Waals surface area contributed by atoms with Crippen LogP contribution in [0.25, 0.3) is 0 Å². The van der Waals surface area contributed by atoms with E-state index in [1.165, 1.54) is 12.1 Å². The number of rotatable bonds is 6. The van der Waals surface area contributed by atoms with E-state index >= 15 is 0 Å². The van der Waals surface area contributed by atoms with Crippen LogP contribution in [0.15, 0.2) is 40.9 Å². The molecule has 2 aromatic carbocycles. The Balaban J connectivity index is 2.24. The standard InChI is InChI=1S/C16H16BrClFNO/c1-2-8-20-10-12-14(18)4-3-5-15(12)21-16-7-6-11(19)9-13(16)17/h3-7,9,20H,2,8,10H2,1H3. The van der Waals surface area contributed by atoms with Crippen LogP contribution in [0.3, 0.4) is 0 Å². The zero-order chi connectivity index (χ0) is 15.2. The van der Waals surface area contributed by atoms with E-state index in [4.69, 9.17) is 16.3 Å². The van der Waals surface area contributed by atoms with E-state index in [1.54, 1.807) is 6.07 Å². The summed E-state index contributed by atoms with van der Waals surface area (Å²) in [5.41, 5.74) is 0.892. The molecule has 2 nitrogen and oxygen atoms in total. The van der Waals surface area contributed by atoms with Crippen molar-refractivity contribution < 1.29 is 9.13 Å². The summed E-state index contributed by atoms with van der Waals surface area (Å²) < 4.78 is 19.6. The lowest BCUT2D eigenvalue weighted by molar-refractivity contribution is 0.468. The van der Waals surface area contributed by atoms with Gasteiger partial charge in [0.25, 0.3) is 0 Å². The first kappa shape index (κ1) is 16.3. The summed E-state index contributed by atoms with van der Waals surface area (Å²) in [4.78, 5) is 0. The van der Waals surface area contributed by atoms with Crippen LogP contribution >= 0.6 is 27.5 Å². The third kappa shape index (κ3) is 4.43. The van der Waals surface area contributed by atoms with Gasteiger partial charge in [-0.15, -0.1) is 0 Å². The van der Waals surface area contributed by atoms with Crippen molar-refractivity contribution in [3.05, 3.63) is 57.3 Å². The molecule has 0 radical (unpaired) electrons. The molecule has 0 spiro atoms. The monoisotopic (exact) mass is 371 g/mol. The van der Waals surface area contributed by atoms with Gasteiger partial charge >= 0.3 is 0 Å². The second-order valence-electron chi connectivity index (χ2n) is 4.57. The zero-order valence-electron chi connectivity index (χ0n) is 11.6. The van der Waals surface area contributed by atoms with Gasteiger partial charge < -0.3 is 10.1 Å². The normalized spacial score (nSPS) is 10.7. The Morgan fingerprint density at radius 1 is 1.24 bits per heavy atom. The summed E-state index contributed by atoms with van der Waals surface area (Å²) in [5.74, 6) is 0.902. The molecule has 5 heteroatoms. The average Bonchev–Trinajstić information content (AvgIpc) is 2.45. The summed E-state index contributed by atoms with van der Waals surface area (Å²) >= 11 is 9.55. The maximum absolute atomic E-state index is 13.1. The topological polar surface area (TPSA) is 21.3 Å². The quantitative estimate of drug-likeness (QED) is 0.673. The van der Waals surface area contributed by atoms with Gasteiger partial charge in [-0.3, -0.25) is 0 Å². The fourth-order valence-electron chi connectivity index (χ4n) is 1.87. The summed E-state index contributed by atoms with van der Waals surface area (Å²) in [6.45, 7) is 3.64. The Kier molecular flexibility index (Phi) is 6.03. The first-order valence-corrected chi connectivity index (χ1v) is 7.90. The molecule has 0 heterocycles. The Morgan fingerprint density at radius 3 is 2.76 bits per heavy atom. The SMILES string of the molecule is CCCNCc1c(Cl)cccc1Oc1ccc(F)cc1Br. The number of halogens is 3. The van der Waals surface area contributed by atoms with E-state index in [2.05, 4.69) is 28.2 Å². The van der Waals surface area contributed by atoms with Gasteiger partial charge in [0.1, 0.15) is 17.3 Å². The van der Waals surface area contributed by atoms with Crippen LogP contribution in [-0.4, -0.2) is 6.54 Å². The van der Waals surface area contributed by atoms with E-state index in [9.17, 15) is 4.39 Å². The van der Waals surface area contributed by atoms with Crippen molar-refractivity contribution in [1.82, 2.24) is 5.32 Å². The molecule has 0 bridgehead atoms. The molecule has 0 unspecified atom stereocenters. The van der Waals surface area contributed by atoms with Gasteiger partial charge in [-0.25, -0.2) is 4.39 Å². The van der Waals surface area contributed by atoms with E-state index in [-0.39, 0.29) is 5.82 Å². The van der Waals surface area contributed by atoms with Gasteiger partial charge in [-0.1, -0.05) is 24.6 Å². The Morgan fingerprint density at radius 2 is 2.05 bits per heavy atom. The van der Waals surface area contributed by atoms with Gasteiger partial charge in [0, 0.05) is 17.1 Å². The molecule has 112 valence electrons. The fraction of sp³-hybridized carbons (Fsp3) is 0.250. The molecule has 0 saturated carbocycles. The van der Waals surface area contributed by atoms with Crippen LogP contribution in [0.4, 0.5) is 4.39 Å². The van der Waals surface area contributed by atoms with Crippen LogP contribution in [0.2, 0.25) is 5.02 Å². The van der Waals surface area contributed by atoms with Crippen LogP contribution in [0, 0.1) is 5.82 Å². The minimum Gasteiger partial charge on any atom is -0.456 e. The van der Waals surface area contributed by atoms with E-state index < -0.39 is 0 Å². The number of nitrogens with one attached hydrogen (secondary N) is 1. The van der Waals surface area contributed by atoms with Crippen molar-refractivity contribution in [2.24, 2.45) is 0 Å². The van der Waals surface area contributed by atoms with Crippen molar-refractivity contribution in [2.75, 3.05) is 6.54 Å². The van der Waals surface area contributed by atoms with Gasteiger partial charge in [-0.2, -0.15) is 0 Å². The van der Waals surface area contributed by atoms with Crippen LogP contribution in [-0.2, 0) is 6.54 Å².